The number of carbonyl (C=O) groups is 1. The van der Waals surface area contributed by atoms with Gasteiger partial charge in [0.15, 0.2) is 11.5 Å². The lowest BCUT2D eigenvalue weighted by Crippen LogP contribution is -2.31. The molecule has 1 aliphatic rings. The first kappa shape index (κ1) is 16.1. The zero-order chi connectivity index (χ0) is 17.3. The van der Waals surface area contributed by atoms with Gasteiger partial charge in [0.2, 0.25) is 0 Å². The highest BCUT2D eigenvalue weighted by Crippen LogP contribution is 2.37. The van der Waals surface area contributed by atoms with Crippen LogP contribution in [0.3, 0.4) is 0 Å². The van der Waals surface area contributed by atoms with Crippen LogP contribution in [0.1, 0.15) is 22.8 Å². The zero-order valence-corrected chi connectivity index (χ0v) is 14.0. The number of carbonyl (C=O) groups excluding carboxylic acids is 1. The van der Waals surface area contributed by atoms with Gasteiger partial charge in [-0.15, -0.1) is 0 Å². The first-order valence-corrected chi connectivity index (χ1v) is 7.81. The maximum absolute atomic E-state index is 12.0. The molecule has 1 N–H and O–H groups in total. The molecule has 3 rings (SSSR count). The van der Waals surface area contributed by atoms with Gasteiger partial charge in [0.1, 0.15) is 11.1 Å². The molecule has 0 fully saturated rings. The standard InChI is InChI=1S/C18H20N2O4/c1-4-24-18(21)12-5-6-14-13-10-16(23-3)15(22-2)9-11(13)7-8-20(14)17(12)19/h5-6,9-10,19H,4,7-8H2,1-3H3. The minimum atomic E-state index is -0.462. The molecule has 1 aromatic carbocycles. The van der Waals surface area contributed by atoms with Crippen molar-refractivity contribution in [3.05, 3.63) is 40.9 Å². The van der Waals surface area contributed by atoms with Crippen LogP contribution < -0.4 is 15.0 Å². The molecule has 0 saturated heterocycles. The summed E-state index contributed by atoms with van der Waals surface area (Å²) in [5.74, 6) is 0.876. The molecule has 1 aliphatic heterocycles. The van der Waals surface area contributed by atoms with Crippen LogP contribution in [-0.4, -0.2) is 31.4 Å². The molecule has 0 unspecified atom stereocenters. The average molecular weight is 328 g/mol. The van der Waals surface area contributed by atoms with E-state index in [-0.39, 0.29) is 11.1 Å². The van der Waals surface area contributed by atoms with Gasteiger partial charge in [0.05, 0.1) is 26.5 Å². The molecule has 2 aromatic rings. The van der Waals surface area contributed by atoms with Crippen LogP contribution in [0.5, 0.6) is 11.5 Å². The second-order valence-corrected chi connectivity index (χ2v) is 5.47. The Kier molecular flexibility index (Phi) is 4.29. The van der Waals surface area contributed by atoms with Crippen molar-refractivity contribution in [3.8, 4) is 22.8 Å². The Bertz CT molecular complexity index is 855. The topological polar surface area (TPSA) is 73.5 Å². The number of rotatable bonds is 4. The Labute approximate surface area is 140 Å². The van der Waals surface area contributed by atoms with Gasteiger partial charge < -0.3 is 18.8 Å². The summed E-state index contributed by atoms with van der Waals surface area (Å²) in [5, 5.41) is 8.36. The Morgan fingerprint density at radius 3 is 2.58 bits per heavy atom. The van der Waals surface area contributed by atoms with Gasteiger partial charge in [0, 0.05) is 12.1 Å². The second kappa shape index (κ2) is 6.39. The highest BCUT2D eigenvalue weighted by Gasteiger charge is 2.22. The summed E-state index contributed by atoms with van der Waals surface area (Å²) in [6.45, 7) is 2.67. The number of hydrogen-bond donors (Lipinski definition) is 1. The first-order valence-electron chi connectivity index (χ1n) is 7.81. The first-order chi connectivity index (χ1) is 11.6. The molecule has 2 heterocycles. The molecule has 24 heavy (non-hydrogen) atoms. The van der Waals surface area contributed by atoms with Gasteiger partial charge in [0.25, 0.3) is 0 Å². The molecule has 6 nitrogen and oxygen atoms in total. The van der Waals surface area contributed by atoms with Gasteiger partial charge in [-0.3, -0.25) is 5.41 Å². The van der Waals surface area contributed by atoms with Crippen LogP contribution in [0.25, 0.3) is 11.3 Å². The van der Waals surface area contributed by atoms with Crippen LogP contribution in [-0.2, 0) is 17.7 Å². The number of esters is 1. The third kappa shape index (κ3) is 2.54. The Hall–Kier alpha value is -2.76. The van der Waals surface area contributed by atoms with E-state index in [4.69, 9.17) is 19.6 Å². The number of hydrogen-bond acceptors (Lipinski definition) is 5. The molecule has 0 radical (unpaired) electrons. The molecule has 0 spiro atoms. The van der Waals surface area contributed by atoms with Crippen LogP contribution >= 0.6 is 0 Å². The van der Waals surface area contributed by atoms with Gasteiger partial charge in [-0.25, -0.2) is 4.79 Å². The van der Waals surface area contributed by atoms with E-state index >= 15 is 0 Å². The number of aromatic nitrogens is 1. The number of pyridine rings is 1. The fourth-order valence-corrected chi connectivity index (χ4v) is 3.04. The number of benzene rings is 1. The Morgan fingerprint density at radius 1 is 1.21 bits per heavy atom. The summed E-state index contributed by atoms with van der Waals surface area (Å²) in [5.41, 5.74) is 3.46. The minimum absolute atomic E-state index is 0.173. The summed E-state index contributed by atoms with van der Waals surface area (Å²) in [6.07, 6.45) is 0.755. The number of nitrogens with zero attached hydrogens (tertiary/aromatic N) is 1. The number of fused-ring (bicyclic) bond motifs is 3. The monoisotopic (exact) mass is 328 g/mol. The SMILES string of the molecule is CCOC(=O)c1ccc2n(c1=N)CCc1cc(OC)c(OC)cc1-2. The molecule has 0 saturated carbocycles. The average Bonchev–Trinajstić information content (AvgIpc) is 2.60. The van der Waals surface area contributed by atoms with Gasteiger partial charge in [-0.05, 0) is 43.2 Å². The maximum Gasteiger partial charge on any atom is 0.341 e. The van der Waals surface area contributed by atoms with Crippen molar-refractivity contribution in [2.24, 2.45) is 0 Å². The van der Waals surface area contributed by atoms with Gasteiger partial charge >= 0.3 is 5.97 Å². The number of aryl methyl sites for hydroxylation is 1. The lowest BCUT2D eigenvalue weighted by molar-refractivity contribution is 0.0523. The highest BCUT2D eigenvalue weighted by atomic mass is 16.5. The number of ether oxygens (including phenoxy) is 3. The van der Waals surface area contributed by atoms with E-state index in [9.17, 15) is 4.79 Å². The fourth-order valence-electron chi connectivity index (χ4n) is 3.04. The molecule has 126 valence electrons. The van der Waals surface area contributed by atoms with Crippen LogP contribution in [0.15, 0.2) is 24.3 Å². The van der Waals surface area contributed by atoms with E-state index < -0.39 is 5.97 Å². The summed E-state index contributed by atoms with van der Waals surface area (Å²) in [6, 6.07) is 7.40. The predicted molar refractivity (Wildman–Crippen MR) is 88.5 cm³/mol. The zero-order valence-electron chi connectivity index (χ0n) is 14.0. The Balaban J connectivity index is 2.15. The summed E-state index contributed by atoms with van der Waals surface area (Å²) in [4.78, 5) is 12.0. The summed E-state index contributed by atoms with van der Waals surface area (Å²) in [7, 11) is 3.21. The molecule has 1 aromatic heterocycles. The van der Waals surface area contributed by atoms with E-state index in [0.29, 0.717) is 24.7 Å². The van der Waals surface area contributed by atoms with E-state index in [1.54, 1.807) is 27.2 Å². The quantitative estimate of drug-likeness (QED) is 0.875. The minimum Gasteiger partial charge on any atom is -0.493 e. The maximum atomic E-state index is 12.0. The fraction of sp³-hybridized carbons (Fsp3) is 0.333. The largest absolute Gasteiger partial charge is 0.493 e. The third-order valence-corrected chi connectivity index (χ3v) is 4.21. The molecule has 0 aliphatic carbocycles. The van der Waals surface area contributed by atoms with E-state index in [1.165, 1.54) is 0 Å². The van der Waals surface area contributed by atoms with Crippen molar-refractivity contribution in [3.63, 3.8) is 0 Å². The van der Waals surface area contributed by atoms with E-state index in [0.717, 1.165) is 23.2 Å². The van der Waals surface area contributed by atoms with Crippen molar-refractivity contribution in [1.29, 1.82) is 5.41 Å². The smallest absolute Gasteiger partial charge is 0.341 e. The molecule has 0 bridgehead atoms. The molecule has 6 heteroatoms. The second-order valence-electron chi connectivity index (χ2n) is 5.47. The highest BCUT2D eigenvalue weighted by molar-refractivity contribution is 5.89. The van der Waals surface area contributed by atoms with Crippen molar-refractivity contribution in [2.75, 3.05) is 20.8 Å². The van der Waals surface area contributed by atoms with E-state index in [1.807, 2.05) is 22.8 Å². The number of nitrogens with one attached hydrogen (secondary N) is 1. The van der Waals surface area contributed by atoms with Crippen molar-refractivity contribution in [2.45, 2.75) is 19.9 Å². The van der Waals surface area contributed by atoms with Crippen LogP contribution in [0.4, 0.5) is 0 Å². The van der Waals surface area contributed by atoms with Crippen LogP contribution in [0.2, 0.25) is 0 Å². The predicted octanol–water partition coefficient (Wildman–Crippen LogP) is 2.38. The van der Waals surface area contributed by atoms with Crippen LogP contribution in [0, 0.1) is 5.41 Å². The molecule has 0 amide bonds. The Morgan fingerprint density at radius 2 is 1.92 bits per heavy atom. The van der Waals surface area contributed by atoms with Crippen molar-refractivity contribution < 1.29 is 19.0 Å². The normalized spacial score (nSPS) is 12.1. The summed E-state index contributed by atoms with van der Waals surface area (Å²) < 4.78 is 17.6. The van der Waals surface area contributed by atoms with Crippen molar-refractivity contribution in [1.82, 2.24) is 4.57 Å². The number of methoxy groups -OCH3 is 2. The van der Waals surface area contributed by atoms with Gasteiger partial charge in [-0.1, -0.05) is 0 Å². The molecular formula is C18H20N2O4. The molecular weight excluding hydrogens is 308 g/mol. The van der Waals surface area contributed by atoms with Gasteiger partial charge in [-0.2, -0.15) is 0 Å². The molecule has 0 atom stereocenters. The van der Waals surface area contributed by atoms with E-state index in [2.05, 4.69) is 0 Å². The lowest BCUT2D eigenvalue weighted by Gasteiger charge is -2.24. The van der Waals surface area contributed by atoms with Crippen molar-refractivity contribution >= 4 is 5.97 Å². The third-order valence-electron chi connectivity index (χ3n) is 4.21. The summed E-state index contributed by atoms with van der Waals surface area (Å²) >= 11 is 0. The lowest BCUT2D eigenvalue weighted by atomic mass is 9.96.